The number of hydrogen-bond acceptors (Lipinski definition) is 5. The quantitative estimate of drug-likeness (QED) is 0.851. The van der Waals surface area contributed by atoms with Gasteiger partial charge in [0.05, 0.1) is 13.3 Å². The molecule has 0 amide bonds. The van der Waals surface area contributed by atoms with Crippen LogP contribution in [0.3, 0.4) is 0 Å². The fourth-order valence-corrected chi connectivity index (χ4v) is 1.56. The number of nitrogens with one attached hydrogen (secondary N) is 1. The van der Waals surface area contributed by atoms with Crippen LogP contribution in [0.15, 0.2) is 36.5 Å². The highest BCUT2D eigenvalue weighted by Gasteiger charge is 2.10. The number of carboxylic acid groups (broad SMARTS) is 1. The van der Waals surface area contributed by atoms with Gasteiger partial charge in [0.2, 0.25) is 0 Å². The first-order valence-corrected chi connectivity index (χ1v) is 5.62. The number of anilines is 1. The SMILES string of the molecule is COc1ccc(CNc2nnccc2C(=O)O)cc1. The molecule has 1 heterocycles. The first kappa shape index (κ1) is 12.8. The summed E-state index contributed by atoms with van der Waals surface area (Å²) in [6.07, 6.45) is 1.35. The van der Waals surface area contributed by atoms with Crippen LogP contribution in [0.25, 0.3) is 0 Å². The van der Waals surface area contributed by atoms with E-state index in [2.05, 4.69) is 15.5 Å². The summed E-state index contributed by atoms with van der Waals surface area (Å²) in [4.78, 5) is 11.0. The zero-order valence-corrected chi connectivity index (χ0v) is 10.3. The number of methoxy groups -OCH3 is 1. The number of hydrogen-bond donors (Lipinski definition) is 2. The van der Waals surface area contributed by atoms with Crippen LogP contribution in [0.4, 0.5) is 5.82 Å². The first-order valence-electron chi connectivity index (χ1n) is 5.62. The van der Waals surface area contributed by atoms with Crippen LogP contribution in [0, 0.1) is 0 Å². The third-order valence-electron chi connectivity index (χ3n) is 2.57. The zero-order valence-electron chi connectivity index (χ0n) is 10.3. The van der Waals surface area contributed by atoms with Crippen molar-refractivity contribution in [1.82, 2.24) is 10.2 Å². The van der Waals surface area contributed by atoms with Crippen LogP contribution < -0.4 is 10.1 Å². The van der Waals surface area contributed by atoms with Gasteiger partial charge in [-0.1, -0.05) is 12.1 Å². The average Bonchev–Trinajstić information content (AvgIpc) is 2.46. The molecule has 0 saturated carbocycles. The van der Waals surface area contributed by atoms with Crippen molar-refractivity contribution in [3.8, 4) is 5.75 Å². The van der Waals surface area contributed by atoms with E-state index in [0.717, 1.165) is 11.3 Å². The summed E-state index contributed by atoms with van der Waals surface area (Å²) < 4.78 is 5.06. The Balaban J connectivity index is 2.07. The van der Waals surface area contributed by atoms with E-state index in [1.165, 1.54) is 12.3 Å². The molecule has 0 atom stereocenters. The van der Waals surface area contributed by atoms with Crippen molar-refractivity contribution >= 4 is 11.8 Å². The lowest BCUT2D eigenvalue weighted by molar-refractivity contribution is 0.0697. The molecule has 0 unspecified atom stereocenters. The second-order valence-corrected chi connectivity index (χ2v) is 3.80. The Morgan fingerprint density at radius 2 is 2.05 bits per heavy atom. The lowest BCUT2D eigenvalue weighted by Gasteiger charge is -2.08. The summed E-state index contributed by atoms with van der Waals surface area (Å²) in [5.41, 5.74) is 1.09. The minimum atomic E-state index is -1.04. The molecule has 0 aliphatic carbocycles. The third-order valence-corrected chi connectivity index (χ3v) is 2.57. The fraction of sp³-hybridized carbons (Fsp3) is 0.154. The molecule has 2 aromatic rings. The van der Waals surface area contributed by atoms with E-state index in [-0.39, 0.29) is 11.4 Å². The van der Waals surface area contributed by atoms with E-state index in [4.69, 9.17) is 9.84 Å². The van der Waals surface area contributed by atoms with Gasteiger partial charge in [-0.15, -0.1) is 5.10 Å². The standard InChI is InChI=1S/C13H13N3O3/c1-19-10-4-2-9(3-5-10)8-14-12-11(13(17)18)6-7-15-16-12/h2-7H,8H2,1H3,(H,14,16)(H,17,18). The number of carbonyl (C=O) groups is 1. The van der Waals surface area contributed by atoms with Gasteiger partial charge in [-0.25, -0.2) is 4.79 Å². The molecule has 0 spiro atoms. The molecule has 2 rings (SSSR count). The highest BCUT2D eigenvalue weighted by molar-refractivity contribution is 5.92. The molecule has 2 N–H and O–H groups in total. The van der Waals surface area contributed by atoms with Gasteiger partial charge in [0.1, 0.15) is 11.3 Å². The molecule has 6 heteroatoms. The summed E-state index contributed by atoms with van der Waals surface area (Å²) in [7, 11) is 1.60. The predicted molar refractivity (Wildman–Crippen MR) is 69.3 cm³/mol. The van der Waals surface area contributed by atoms with Crippen molar-refractivity contribution in [1.29, 1.82) is 0 Å². The number of nitrogens with zero attached hydrogens (tertiary/aromatic N) is 2. The summed E-state index contributed by atoms with van der Waals surface area (Å²) in [6, 6.07) is 8.87. The van der Waals surface area contributed by atoms with Crippen LogP contribution in [-0.4, -0.2) is 28.4 Å². The maximum Gasteiger partial charge on any atom is 0.339 e. The van der Waals surface area contributed by atoms with Gasteiger partial charge in [0, 0.05) is 6.54 Å². The fourth-order valence-electron chi connectivity index (χ4n) is 1.56. The van der Waals surface area contributed by atoms with E-state index in [1.807, 2.05) is 24.3 Å². The van der Waals surface area contributed by atoms with Crippen molar-refractivity contribution in [3.63, 3.8) is 0 Å². The van der Waals surface area contributed by atoms with Gasteiger partial charge < -0.3 is 15.2 Å². The number of benzene rings is 1. The summed E-state index contributed by atoms with van der Waals surface area (Å²) in [5, 5.41) is 19.4. The normalized spacial score (nSPS) is 9.95. The highest BCUT2D eigenvalue weighted by Crippen LogP contribution is 2.14. The molecule has 6 nitrogen and oxygen atoms in total. The molecule has 0 aliphatic rings. The predicted octanol–water partition coefficient (Wildman–Crippen LogP) is 1.80. The molecule has 0 radical (unpaired) electrons. The van der Waals surface area contributed by atoms with Crippen molar-refractivity contribution in [2.24, 2.45) is 0 Å². The Morgan fingerprint density at radius 3 is 2.68 bits per heavy atom. The van der Waals surface area contributed by atoms with E-state index in [1.54, 1.807) is 7.11 Å². The zero-order chi connectivity index (χ0) is 13.7. The molecule has 1 aromatic heterocycles. The lowest BCUT2D eigenvalue weighted by Crippen LogP contribution is -2.09. The Bertz CT molecular complexity index is 570. The van der Waals surface area contributed by atoms with Crippen LogP contribution in [0.2, 0.25) is 0 Å². The van der Waals surface area contributed by atoms with Crippen molar-refractivity contribution < 1.29 is 14.6 Å². The van der Waals surface area contributed by atoms with Crippen LogP contribution in [0.5, 0.6) is 5.75 Å². The molecular formula is C13H13N3O3. The largest absolute Gasteiger partial charge is 0.497 e. The lowest BCUT2D eigenvalue weighted by atomic mass is 10.2. The van der Waals surface area contributed by atoms with Crippen molar-refractivity contribution in [2.45, 2.75) is 6.54 Å². The molecular weight excluding hydrogens is 246 g/mol. The Kier molecular flexibility index (Phi) is 3.92. The summed E-state index contributed by atoms with van der Waals surface area (Å²) in [6.45, 7) is 0.461. The number of carboxylic acids is 1. The smallest absolute Gasteiger partial charge is 0.339 e. The van der Waals surface area contributed by atoms with E-state index < -0.39 is 5.97 Å². The van der Waals surface area contributed by atoms with Gasteiger partial charge in [0.15, 0.2) is 5.82 Å². The Morgan fingerprint density at radius 1 is 1.32 bits per heavy atom. The molecule has 0 saturated heterocycles. The van der Waals surface area contributed by atoms with Crippen molar-refractivity contribution in [3.05, 3.63) is 47.7 Å². The second-order valence-electron chi connectivity index (χ2n) is 3.80. The molecule has 19 heavy (non-hydrogen) atoms. The van der Waals surface area contributed by atoms with Gasteiger partial charge in [0.25, 0.3) is 0 Å². The van der Waals surface area contributed by atoms with Gasteiger partial charge in [-0.3, -0.25) is 0 Å². The molecule has 98 valence electrons. The monoisotopic (exact) mass is 259 g/mol. The minimum absolute atomic E-state index is 0.100. The van der Waals surface area contributed by atoms with Crippen molar-refractivity contribution in [2.75, 3.05) is 12.4 Å². The summed E-state index contributed by atoms with van der Waals surface area (Å²) >= 11 is 0. The highest BCUT2D eigenvalue weighted by atomic mass is 16.5. The Labute approximate surface area is 110 Å². The molecule has 1 aromatic carbocycles. The van der Waals surface area contributed by atoms with E-state index in [0.29, 0.717) is 6.54 Å². The second kappa shape index (κ2) is 5.81. The van der Waals surface area contributed by atoms with Crippen LogP contribution >= 0.6 is 0 Å². The number of ether oxygens (including phenoxy) is 1. The van der Waals surface area contributed by atoms with E-state index >= 15 is 0 Å². The van der Waals surface area contributed by atoms with Crippen LogP contribution in [-0.2, 0) is 6.54 Å². The minimum Gasteiger partial charge on any atom is -0.497 e. The molecule has 0 fully saturated rings. The average molecular weight is 259 g/mol. The van der Waals surface area contributed by atoms with Crippen LogP contribution in [0.1, 0.15) is 15.9 Å². The van der Waals surface area contributed by atoms with Gasteiger partial charge in [-0.2, -0.15) is 5.10 Å². The number of aromatic nitrogens is 2. The first-order chi connectivity index (χ1) is 9.20. The number of aromatic carboxylic acids is 1. The van der Waals surface area contributed by atoms with E-state index in [9.17, 15) is 4.79 Å². The van der Waals surface area contributed by atoms with Gasteiger partial charge >= 0.3 is 5.97 Å². The Hall–Kier alpha value is -2.63. The third kappa shape index (κ3) is 3.19. The topological polar surface area (TPSA) is 84.3 Å². The molecule has 0 aliphatic heterocycles. The summed E-state index contributed by atoms with van der Waals surface area (Å²) in [5.74, 6) is -0.00701. The maximum absolute atomic E-state index is 11.0. The maximum atomic E-state index is 11.0. The molecule has 0 bridgehead atoms. The van der Waals surface area contributed by atoms with Gasteiger partial charge in [-0.05, 0) is 23.8 Å². The number of rotatable bonds is 5.